The van der Waals surface area contributed by atoms with Crippen LogP contribution >= 0.6 is 0 Å². The maximum absolute atomic E-state index is 13.0. The highest BCUT2D eigenvalue weighted by Crippen LogP contribution is 2.32. The Morgan fingerprint density at radius 3 is 1.53 bits per heavy atom. The number of rotatable bonds is 24. The maximum atomic E-state index is 13.0. The smallest absolute Gasteiger partial charge is 0.373 e. The first-order valence-electron chi connectivity index (χ1n) is 13.7. The van der Waals surface area contributed by atoms with Gasteiger partial charge in [-0.15, -0.1) is 0 Å². The molecule has 0 radical (unpaired) electrons. The van der Waals surface area contributed by atoms with Crippen molar-refractivity contribution in [1.82, 2.24) is 0 Å². The quantitative estimate of drug-likeness (QED) is 0.0806. The first kappa shape index (κ1) is 31.5. The van der Waals surface area contributed by atoms with Crippen molar-refractivity contribution >= 4 is 14.6 Å². The summed E-state index contributed by atoms with van der Waals surface area (Å²) in [4.78, 5) is 13.0. The van der Waals surface area contributed by atoms with Gasteiger partial charge in [0.15, 0.2) is 0 Å². The molecule has 0 amide bonds. The summed E-state index contributed by atoms with van der Waals surface area (Å²) < 4.78 is 17.9. The summed E-state index contributed by atoms with van der Waals surface area (Å²) in [5, 5.41) is 0. The molecule has 0 bridgehead atoms. The average Bonchev–Trinajstić information content (AvgIpc) is 2.77. The summed E-state index contributed by atoms with van der Waals surface area (Å²) in [5.74, 6) is 0.257. The Hall–Kier alpha value is -0.493. The molecular weight excluding hydrogens is 416 g/mol. The molecule has 0 aliphatic rings. The number of unbranched alkanes of at least 4 members (excludes halogenated alkanes) is 11. The lowest BCUT2D eigenvalue weighted by molar-refractivity contribution is -0.120. The van der Waals surface area contributed by atoms with Gasteiger partial charge in [0.2, 0.25) is 0 Å². The van der Waals surface area contributed by atoms with Gasteiger partial charge in [-0.2, -0.15) is 0 Å². The summed E-state index contributed by atoms with van der Waals surface area (Å²) in [7, 11) is -2.95. The van der Waals surface area contributed by atoms with Gasteiger partial charge in [0.1, 0.15) is 5.78 Å². The summed E-state index contributed by atoms with van der Waals surface area (Å²) in [6.45, 7) is 11.7. The van der Waals surface area contributed by atoms with Gasteiger partial charge in [-0.05, 0) is 59.3 Å². The number of carbonyl (C=O) groups is 1. The molecule has 0 rings (SSSR count). The molecule has 0 aromatic rings. The van der Waals surface area contributed by atoms with Gasteiger partial charge in [-0.25, -0.2) is 0 Å². The third-order valence-electron chi connectivity index (χ3n) is 5.95. The standard InChI is InChI=1S/C27H54O4Si/c1-6-11-12-13-14-15-16-17-18-19-20-21-22-23-24-25-26(28)27(7-2)32(29-8-3,30-9-4)31-10-5/h17-18,27H,6-16,19-25H2,1-5H3. The fourth-order valence-corrected chi connectivity index (χ4v) is 7.35. The van der Waals surface area contributed by atoms with Crippen molar-refractivity contribution < 1.29 is 18.1 Å². The molecule has 32 heavy (non-hydrogen) atoms. The Labute approximate surface area is 201 Å². The molecule has 0 aromatic heterocycles. The minimum Gasteiger partial charge on any atom is -0.373 e. The predicted octanol–water partition coefficient (Wildman–Crippen LogP) is 8.42. The first-order valence-corrected chi connectivity index (χ1v) is 15.5. The highest BCUT2D eigenvalue weighted by Gasteiger charge is 2.51. The van der Waals surface area contributed by atoms with Gasteiger partial charge in [0.25, 0.3) is 0 Å². The fourth-order valence-electron chi connectivity index (χ4n) is 4.25. The highest BCUT2D eigenvalue weighted by atomic mass is 28.4. The molecule has 0 aliphatic carbocycles. The van der Waals surface area contributed by atoms with E-state index in [0.717, 1.165) is 19.3 Å². The van der Waals surface area contributed by atoms with Crippen molar-refractivity contribution in [2.24, 2.45) is 0 Å². The van der Waals surface area contributed by atoms with Crippen LogP contribution in [-0.2, 0) is 18.1 Å². The second kappa shape index (κ2) is 22.3. The third kappa shape index (κ3) is 14.6. The Bertz CT molecular complexity index is 436. The van der Waals surface area contributed by atoms with Crippen LogP contribution < -0.4 is 0 Å². The van der Waals surface area contributed by atoms with E-state index in [1.54, 1.807) is 0 Å². The highest BCUT2D eigenvalue weighted by molar-refractivity contribution is 6.66. The van der Waals surface area contributed by atoms with E-state index in [4.69, 9.17) is 13.3 Å². The molecule has 190 valence electrons. The van der Waals surface area contributed by atoms with E-state index in [9.17, 15) is 4.79 Å². The SMILES string of the molecule is CCCCCCCCC=CCCCCCCCC(=O)C(CC)[Si](OCC)(OCC)OCC. The van der Waals surface area contributed by atoms with Crippen molar-refractivity contribution in [3.05, 3.63) is 12.2 Å². The van der Waals surface area contributed by atoms with Crippen LogP contribution in [0.2, 0.25) is 5.54 Å². The summed E-state index contributed by atoms with van der Waals surface area (Å²) in [6.07, 6.45) is 22.5. The van der Waals surface area contributed by atoms with Crippen molar-refractivity contribution in [2.45, 2.75) is 136 Å². The number of carbonyl (C=O) groups excluding carboxylic acids is 1. The minimum atomic E-state index is -2.95. The molecule has 0 saturated carbocycles. The van der Waals surface area contributed by atoms with Crippen LogP contribution in [0.4, 0.5) is 0 Å². The van der Waals surface area contributed by atoms with E-state index < -0.39 is 8.80 Å². The van der Waals surface area contributed by atoms with Crippen LogP contribution in [0.3, 0.4) is 0 Å². The van der Waals surface area contributed by atoms with Gasteiger partial charge in [-0.1, -0.05) is 77.4 Å². The molecule has 0 aromatic carbocycles. The molecule has 0 saturated heterocycles. The van der Waals surface area contributed by atoms with Crippen LogP contribution in [0, 0.1) is 0 Å². The van der Waals surface area contributed by atoms with Crippen molar-refractivity contribution in [1.29, 1.82) is 0 Å². The van der Waals surface area contributed by atoms with E-state index >= 15 is 0 Å². The van der Waals surface area contributed by atoms with Gasteiger partial charge in [0, 0.05) is 26.2 Å². The van der Waals surface area contributed by atoms with Crippen LogP contribution in [0.5, 0.6) is 0 Å². The molecule has 0 N–H and O–H groups in total. The molecule has 1 atom stereocenters. The van der Waals surface area contributed by atoms with Crippen molar-refractivity contribution in [3.63, 3.8) is 0 Å². The maximum Gasteiger partial charge on any atom is 0.511 e. The number of ketones is 1. The third-order valence-corrected chi connectivity index (χ3v) is 9.60. The lowest BCUT2D eigenvalue weighted by Crippen LogP contribution is -2.52. The normalized spacial score (nSPS) is 13.2. The number of allylic oxidation sites excluding steroid dienone is 2. The van der Waals surface area contributed by atoms with E-state index in [2.05, 4.69) is 19.1 Å². The van der Waals surface area contributed by atoms with E-state index in [-0.39, 0.29) is 11.3 Å². The Balaban J connectivity index is 4.01. The second-order valence-electron chi connectivity index (χ2n) is 8.66. The first-order chi connectivity index (χ1) is 15.6. The average molecular weight is 471 g/mol. The van der Waals surface area contributed by atoms with Crippen molar-refractivity contribution in [2.75, 3.05) is 19.8 Å². The van der Waals surface area contributed by atoms with Gasteiger partial charge in [-0.3, -0.25) is 4.79 Å². The number of hydrogen-bond donors (Lipinski definition) is 0. The van der Waals surface area contributed by atoms with Crippen molar-refractivity contribution in [3.8, 4) is 0 Å². The van der Waals surface area contributed by atoms with Crippen LogP contribution in [-0.4, -0.2) is 34.4 Å². The largest absolute Gasteiger partial charge is 0.511 e. The Kier molecular flexibility index (Phi) is 22.0. The van der Waals surface area contributed by atoms with E-state index in [0.29, 0.717) is 26.2 Å². The number of Topliss-reactive ketones (excluding diaryl/α,β-unsaturated/α-hetero) is 1. The summed E-state index contributed by atoms with van der Waals surface area (Å²) in [5.41, 5.74) is -0.237. The molecule has 4 nitrogen and oxygen atoms in total. The van der Waals surface area contributed by atoms with Gasteiger partial charge in [0.05, 0.1) is 5.54 Å². The Morgan fingerprint density at radius 1 is 0.656 bits per heavy atom. The summed E-state index contributed by atoms with van der Waals surface area (Å²) in [6, 6.07) is 0. The molecule has 0 spiro atoms. The summed E-state index contributed by atoms with van der Waals surface area (Å²) >= 11 is 0. The van der Waals surface area contributed by atoms with E-state index in [1.807, 2.05) is 27.7 Å². The molecule has 5 heteroatoms. The molecule has 0 heterocycles. The van der Waals surface area contributed by atoms with E-state index in [1.165, 1.54) is 70.6 Å². The number of hydrogen-bond acceptors (Lipinski definition) is 4. The van der Waals surface area contributed by atoms with Crippen LogP contribution in [0.15, 0.2) is 12.2 Å². The fraction of sp³-hybridized carbons (Fsp3) is 0.889. The molecule has 0 fully saturated rings. The monoisotopic (exact) mass is 470 g/mol. The zero-order valence-electron chi connectivity index (χ0n) is 22.1. The second-order valence-corrected chi connectivity index (χ2v) is 11.4. The zero-order valence-corrected chi connectivity index (χ0v) is 23.1. The van der Waals surface area contributed by atoms with Gasteiger partial charge < -0.3 is 13.3 Å². The van der Waals surface area contributed by atoms with Gasteiger partial charge >= 0.3 is 8.80 Å². The molecule has 1 unspecified atom stereocenters. The van der Waals surface area contributed by atoms with Crippen LogP contribution in [0.25, 0.3) is 0 Å². The van der Waals surface area contributed by atoms with Crippen LogP contribution in [0.1, 0.15) is 131 Å². The predicted molar refractivity (Wildman–Crippen MR) is 139 cm³/mol. The topological polar surface area (TPSA) is 44.8 Å². The minimum absolute atomic E-state index is 0.237. The Morgan fingerprint density at radius 2 is 1.09 bits per heavy atom. The zero-order chi connectivity index (χ0) is 23.9. The lowest BCUT2D eigenvalue weighted by atomic mass is 10.0. The molecular formula is C27H54O4Si. The molecule has 0 aliphatic heterocycles. The lowest BCUT2D eigenvalue weighted by Gasteiger charge is -2.34.